The van der Waals surface area contributed by atoms with Crippen LogP contribution in [0, 0.1) is 0 Å². The van der Waals surface area contributed by atoms with Gasteiger partial charge in [-0.3, -0.25) is 9.10 Å². The standard InChI is InChI=1S/C16H24N2O4S/c1-18(23(3,20)21)13-9-10-15(22-2)14(11-13)16(19)17-12-7-5-4-6-8-12/h9-12H,4-8H2,1-3H3,(H,17,19). The molecule has 0 spiro atoms. The largest absolute Gasteiger partial charge is 0.496 e. The van der Waals surface area contributed by atoms with Gasteiger partial charge in [0.25, 0.3) is 5.91 Å². The van der Waals surface area contributed by atoms with Gasteiger partial charge in [0.15, 0.2) is 0 Å². The molecule has 1 aliphatic rings. The number of sulfonamides is 1. The summed E-state index contributed by atoms with van der Waals surface area (Å²) < 4.78 is 29.7. The van der Waals surface area contributed by atoms with Crippen LogP contribution in [0.5, 0.6) is 5.75 Å². The lowest BCUT2D eigenvalue weighted by molar-refractivity contribution is 0.0924. The van der Waals surface area contributed by atoms with E-state index in [0.717, 1.165) is 36.2 Å². The van der Waals surface area contributed by atoms with Gasteiger partial charge in [0.1, 0.15) is 5.75 Å². The average molecular weight is 340 g/mol. The van der Waals surface area contributed by atoms with Crippen molar-refractivity contribution in [1.29, 1.82) is 0 Å². The Morgan fingerprint density at radius 1 is 1.26 bits per heavy atom. The summed E-state index contributed by atoms with van der Waals surface area (Å²) in [4.78, 5) is 12.6. The monoisotopic (exact) mass is 340 g/mol. The third kappa shape index (κ3) is 4.37. The normalized spacial score (nSPS) is 16.0. The second-order valence-corrected chi connectivity index (χ2v) is 7.94. The Balaban J connectivity index is 2.26. The van der Waals surface area contributed by atoms with Crippen molar-refractivity contribution in [2.75, 3.05) is 24.7 Å². The van der Waals surface area contributed by atoms with Gasteiger partial charge in [-0.15, -0.1) is 0 Å². The maximum absolute atomic E-state index is 12.6. The van der Waals surface area contributed by atoms with Crippen molar-refractivity contribution in [3.05, 3.63) is 23.8 Å². The lowest BCUT2D eigenvalue weighted by atomic mass is 9.95. The van der Waals surface area contributed by atoms with Crippen LogP contribution in [0.15, 0.2) is 18.2 Å². The Morgan fingerprint density at radius 2 is 1.91 bits per heavy atom. The van der Waals surface area contributed by atoms with E-state index in [1.807, 2.05) is 0 Å². The number of hydrogen-bond donors (Lipinski definition) is 1. The zero-order valence-electron chi connectivity index (χ0n) is 13.8. The van der Waals surface area contributed by atoms with Gasteiger partial charge in [0.2, 0.25) is 10.0 Å². The number of nitrogens with zero attached hydrogens (tertiary/aromatic N) is 1. The Hall–Kier alpha value is -1.76. The van der Waals surface area contributed by atoms with Gasteiger partial charge in [0, 0.05) is 13.1 Å². The molecule has 7 heteroatoms. The van der Waals surface area contributed by atoms with Crippen molar-refractivity contribution in [3.8, 4) is 5.75 Å². The van der Waals surface area contributed by atoms with Crippen molar-refractivity contribution in [2.45, 2.75) is 38.1 Å². The molecule has 0 bridgehead atoms. The van der Waals surface area contributed by atoms with E-state index in [0.29, 0.717) is 17.0 Å². The van der Waals surface area contributed by atoms with Crippen molar-refractivity contribution in [2.24, 2.45) is 0 Å². The van der Waals surface area contributed by atoms with Crippen LogP contribution in [0.25, 0.3) is 0 Å². The fourth-order valence-electron chi connectivity index (χ4n) is 2.77. The Kier molecular flexibility index (Phi) is 5.51. The maximum atomic E-state index is 12.6. The first-order chi connectivity index (χ1) is 10.8. The van der Waals surface area contributed by atoms with Crippen molar-refractivity contribution < 1.29 is 17.9 Å². The minimum absolute atomic E-state index is 0.178. The van der Waals surface area contributed by atoms with Gasteiger partial charge >= 0.3 is 0 Å². The van der Waals surface area contributed by atoms with Crippen molar-refractivity contribution >= 4 is 21.6 Å². The highest BCUT2D eigenvalue weighted by atomic mass is 32.2. The van der Waals surface area contributed by atoms with Crippen molar-refractivity contribution in [1.82, 2.24) is 5.32 Å². The molecular weight excluding hydrogens is 316 g/mol. The molecule has 1 aromatic rings. The first-order valence-corrected chi connectivity index (χ1v) is 9.60. The molecule has 23 heavy (non-hydrogen) atoms. The Bertz CT molecular complexity index is 667. The molecule has 1 amide bonds. The smallest absolute Gasteiger partial charge is 0.255 e. The number of anilines is 1. The molecule has 1 N–H and O–H groups in total. The molecule has 1 aliphatic carbocycles. The molecule has 1 saturated carbocycles. The van der Waals surface area contributed by atoms with Crippen molar-refractivity contribution in [3.63, 3.8) is 0 Å². The fourth-order valence-corrected chi connectivity index (χ4v) is 3.27. The number of nitrogens with one attached hydrogen (secondary N) is 1. The molecule has 1 fully saturated rings. The van der Waals surface area contributed by atoms with Crippen LogP contribution in [0.2, 0.25) is 0 Å². The minimum atomic E-state index is -3.38. The molecule has 0 radical (unpaired) electrons. The highest BCUT2D eigenvalue weighted by Crippen LogP contribution is 2.26. The lowest BCUT2D eigenvalue weighted by Gasteiger charge is -2.24. The summed E-state index contributed by atoms with van der Waals surface area (Å²) in [6, 6.07) is 4.97. The Morgan fingerprint density at radius 3 is 2.48 bits per heavy atom. The average Bonchev–Trinajstić information content (AvgIpc) is 2.53. The lowest BCUT2D eigenvalue weighted by Crippen LogP contribution is -2.36. The number of ether oxygens (including phenoxy) is 1. The van der Waals surface area contributed by atoms with E-state index in [1.165, 1.54) is 20.6 Å². The quantitative estimate of drug-likeness (QED) is 0.891. The molecular formula is C16H24N2O4S. The summed E-state index contributed by atoms with van der Waals surface area (Å²) in [6.45, 7) is 0. The highest BCUT2D eigenvalue weighted by molar-refractivity contribution is 7.92. The van der Waals surface area contributed by atoms with Gasteiger partial charge in [0.05, 0.1) is 24.6 Å². The number of carbonyl (C=O) groups is 1. The molecule has 0 saturated heterocycles. The van der Waals surface area contributed by atoms with Gasteiger partial charge < -0.3 is 10.1 Å². The van der Waals surface area contributed by atoms with Gasteiger partial charge in [-0.25, -0.2) is 8.42 Å². The van der Waals surface area contributed by atoms with E-state index in [4.69, 9.17) is 4.74 Å². The van der Waals surface area contributed by atoms with Crippen LogP contribution in [0.1, 0.15) is 42.5 Å². The highest BCUT2D eigenvalue weighted by Gasteiger charge is 2.21. The van der Waals surface area contributed by atoms with Crippen LogP contribution in [0.3, 0.4) is 0 Å². The first kappa shape index (κ1) is 17.6. The molecule has 128 valence electrons. The zero-order valence-corrected chi connectivity index (χ0v) is 14.6. The molecule has 1 aromatic carbocycles. The number of methoxy groups -OCH3 is 1. The minimum Gasteiger partial charge on any atom is -0.496 e. The summed E-state index contributed by atoms with van der Waals surface area (Å²) >= 11 is 0. The Labute approximate surface area is 137 Å². The topological polar surface area (TPSA) is 75.7 Å². The van der Waals surface area contributed by atoms with E-state index in [-0.39, 0.29) is 11.9 Å². The zero-order chi connectivity index (χ0) is 17.0. The molecule has 0 aliphatic heterocycles. The van der Waals surface area contributed by atoms with E-state index in [1.54, 1.807) is 18.2 Å². The molecule has 0 atom stereocenters. The third-order valence-corrected chi connectivity index (χ3v) is 5.43. The predicted octanol–water partition coefficient (Wildman–Crippen LogP) is 2.15. The number of hydrogen-bond acceptors (Lipinski definition) is 4. The summed E-state index contributed by atoms with van der Waals surface area (Å²) in [5.74, 6) is 0.210. The van der Waals surface area contributed by atoms with Gasteiger partial charge in [-0.05, 0) is 31.0 Å². The summed E-state index contributed by atoms with van der Waals surface area (Å²) in [6.07, 6.45) is 6.55. The number of amides is 1. The van der Waals surface area contributed by atoms with Crippen LogP contribution in [0.4, 0.5) is 5.69 Å². The summed E-state index contributed by atoms with van der Waals surface area (Å²) in [7, 11) is -0.433. The number of benzene rings is 1. The van der Waals surface area contributed by atoms with E-state index in [2.05, 4.69) is 5.32 Å². The molecule has 6 nitrogen and oxygen atoms in total. The second kappa shape index (κ2) is 7.21. The SMILES string of the molecule is COc1ccc(N(C)S(C)(=O)=O)cc1C(=O)NC1CCCCC1. The van der Waals surface area contributed by atoms with E-state index < -0.39 is 10.0 Å². The molecule has 0 heterocycles. The molecule has 0 aromatic heterocycles. The number of rotatable bonds is 5. The first-order valence-electron chi connectivity index (χ1n) is 7.75. The van der Waals surface area contributed by atoms with Crippen LogP contribution >= 0.6 is 0 Å². The second-order valence-electron chi connectivity index (χ2n) is 5.92. The van der Waals surface area contributed by atoms with E-state index in [9.17, 15) is 13.2 Å². The molecule has 2 rings (SSSR count). The maximum Gasteiger partial charge on any atom is 0.255 e. The van der Waals surface area contributed by atoms with Crippen LogP contribution in [-0.4, -0.2) is 40.8 Å². The van der Waals surface area contributed by atoms with Gasteiger partial charge in [-0.2, -0.15) is 0 Å². The van der Waals surface area contributed by atoms with Crippen LogP contribution < -0.4 is 14.4 Å². The third-order valence-electron chi connectivity index (χ3n) is 4.23. The predicted molar refractivity (Wildman–Crippen MR) is 90.6 cm³/mol. The van der Waals surface area contributed by atoms with E-state index >= 15 is 0 Å². The summed E-state index contributed by atoms with van der Waals surface area (Å²) in [5.41, 5.74) is 0.785. The number of carbonyl (C=O) groups excluding carboxylic acids is 1. The fraction of sp³-hybridized carbons (Fsp3) is 0.562. The van der Waals surface area contributed by atoms with Crippen LogP contribution in [-0.2, 0) is 10.0 Å². The summed E-state index contributed by atoms with van der Waals surface area (Å²) in [5, 5.41) is 3.03. The molecule has 0 unspecified atom stereocenters. The van der Waals surface area contributed by atoms with Gasteiger partial charge in [-0.1, -0.05) is 19.3 Å².